The van der Waals surface area contributed by atoms with Crippen LogP contribution in [0.5, 0.6) is 5.88 Å². The molecule has 4 nitrogen and oxygen atoms in total. The Hall–Kier alpha value is -2.57. The number of pyridine rings is 1. The smallest absolute Gasteiger partial charge is 0.417 e. The van der Waals surface area contributed by atoms with Gasteiger partial charge >= 0.3 is 6.18 Å². The van der Waals surface area contributed by atoms with Crippen LogP contribution in [0, 0.1) is 0 Å². The molecule has 0 radical (unpaired) electrons. The normalized spacial score (nSPS) is 11.1. The Morgan fingerprint density at radius 2 is 1.95 bits per heavy atom. The van der Waals surface area contributed by atoms with Crippen molar-refractivity contribution >= 4 is 5.91 Å². The lowest BCUT2D eigenvalue weighted by Gasteiger charge is -2.13. The van der Waals surface area contributed by atoms with E-state index in [0.717, 1.165) is 12.1 Å². The molecular weight excluding hydrogens is 297 g/mol. The van der Waals surface area contributed by atoms with E-state index in [2.05, 4.69) is 10.3 Å². The molecule has 0 aliphatic rings. The van der Waals surface area contributed by atoms with Crippen LogP contribution in [-0.4, -0.2) is 18.0 Å². The molecule has 1 amide bonds. The maximum absolute atomic E-state index is 12.9. The summed E-state index contributed by atoms with van der Waals surface area (Å²) in [6.07, 6.45) is -3.07. The average molecular weight is 310 g/mol. The highest BCUT2D eigenvalue weighted by atomic mass is 19.4. The molecule has 1 heterocycles. The molecular formula is C15H13F3N2O2. The van der Waals surface area contributed by atoms with Gasteiger partial charge in [0.05, 0.1) is 18.2 Å². The second-order valence-electron chi connectivity index (χ2n) is 4.40. The molecule has 1 aromatic heterocycles. The largest absolute Gasteiger partial charge is 0.481 e. The first-order chi connectivity index (χ1) is 10.4. The van der Waals surface area contributed by atoms with Crippen molar-refractivity contribution < 1.29 is 22.7 Å². The zero-order valence-corrected chi connectivity index (χ0v) is 11.6. The van der Waals surface area contributed by atoms with Crippen LogP contribution in [0.25, 0.3) is 0 Å². The number of aromatic nitrogens is 1. The summed E-state index contributed by atoms with van der Waals surface area (Å²) in [5, 5.41) is 2.44. The molecule has 0 aliphatic heterocycles. The van der Waals surface area contributed by atoms with Crippen molar-refractivity contribution in [2.24, 2.45) is 0 Å². The van der Waals surface area contributed by atoms with Crippen LogP contribution in [0.3, 0.4) is 0 Å². The van der Waals surface area contributed by atoms with Crippen molar-refractivity contribution in [3.05, 3.63) is 59.3 Å². The van der Waals surface area contributed by atoms with E-state index in [4.69, 9.17) is 4.74 Å². The Morgan fingerprint density at radius 1 is 1.23 bits per heavy atom. The molecule has 0 atom stereocenters. The number of halogens is 3. The maximum Gasteiger partial charge on any atom is 0.417 e. The van der Waals surface area contributed by atoms with E-state index >= 15 is 0 Å². The number of benzene rings is 1. The maximum atomic E-state index is 12.9. The highest BCUT2D eigenvalue weighted by Gasteiger charge is 2.34. The molecule has 0 saturated heterocycles. The van der Waals surface area contributed by atoms with Gasteiger partial charge in [-0.1, -0.05) is 18.2 Å². The lowest BCUT2D eigenvalue weighted by atomic mass is 10.1. The molecule has 2 rings (SSSR count). The summed E-state index contributed by atoms with van der Waals surface area (Å²) in [5.74, 6) is -0.495. The molecule has 2 aromatic rings. The number of alkyl halides is 3. The summed E-state index contributed by atoms with van der Waals surface area (Å²) in [5.41, 5.74) is -0.814. The summed E-state index contributed by atoms with van der Waals surface area (Å²) < 4.78 is 43.7. The summed E-state index contributed by atoms with van der Waals surface area (Å²) >= 11 is 0. The second kappa shape index (κ2) is 6.46. The first-order valence-electron chi connectivity index (χ1n) is 6.36. The van der Waals surface area contributed by atoms with E-state index in [1.165, 1.54) is 25.4 Å². The molecule has 0 aliphatic carbocycles. The lowest BCUT2D eigenvalue weighted by Crippen LogP contribution is -2.26. The molecule has 0 unspecified atom stereocenters. The van der Waals surface area contributed by atoms with Gasteiger partial charge in [-0.25, -0.2) is 4.98 Å². The van der Waals surface area contributed by atoms with Crippen LogP contribution >= 0.6 is 0 Å². The zero-order valence-electron chi connectivity index (χ0n) is 11.6. The van der Waals surface area contributed by atoms with Gasteiger partial charge in [0, 0.05) is 18.3 Å². The number of hydrogen-bond donors (Lipinski definition) is 1. The van der Waals surface area contributed by atoms with Gasteiger partial charge in [-0.3, -0.25) is 4.79 Å². The van der Waals surface area contributed by atoms with Crippen molar-refractivity contribution in [1.29, 1.82) is 0 Å². The molecule has 7 heteroatoms. The van der Waals surface area contributed by atoms with Gasteiger partial charge in [-0.2, -0.15) is 13.2 Å². The predicted molar refractivity (Wildman–Crippen MR) is 73.4 cm³/mol. The topological polar surface area (TPSA) is 51.2 Å². The van der Waals surface area contributed by atoms with E-state index in [1.54, 1.807) is 12.1 Å². The summed E-state index contributed by atoms with van der Waals surface area (Å²) in [6.45, 7) is 0.0159. The molecule has 1 aromatic carbocycles. The van der Waals surface area contributed by atoms with Crippen molar-refractivity contribution in [3.63, 3.8) is 0 Å². The van der Waals surface area contributed by atoms with E-state index in [9.17, 15) is 18.0 Å². The first-order valence-corrected chi connectivity index (χ1v) is 6.36. The fraction of sp³-hybridized carbons (Fsp3) is 0.200. The molecule has 22 heavy (non-hydrogen) atoms. The summed E-state index contributed by atoms with van der Waals surface area (Å²) in [7, 11) is 1.42. The third kappa shape index (κ3) is 3.55. The Morgan fingerprint density at radius 3 is 2.64 bits per heavy atom. The van der Waals surface area contributed by atoms with Crippen molar-refractivity contribution in [3.8, 4) is 5.88 Å². The number of hydrogen-bond acceptors (Lipinski definition) is 3. The second-order valence-corrected chi connectivity index (χ2v) is 4.40. The molecule has 1 N–H and O–H groups in total. The Labute approximate surface area is 124 Å². The predicted octanol–water partition coefficient (Wildman–Crippen LogP) is 3.04. The number of nitrogens with zero attached hydrogens (tertiary/aromatic N) is 1. The number of carbonyl (C=O) groups is 1. The summed E-state index contributed by atoms with van der Waals surface area (Å²) in [6, 6.07) is 7.95. The highest BCUT2D eigenvalue weighted by molar-refractivity contribution is 5.95. The fourth-order valence-electron chi connectivity index (χ4n) is 1.94. The Kier molecular flexibility index (Phi) is 4.65. The van der Waals surface area contributed by atoms with E-state index in [-0.39, 0.29) is 6.54 Å². The average Bonchev–Trinajstić information content (AvgIpc) is 2.52. The number of methoxy groups -OCH3 is 1. The molecule has 116 valence electrons. The van der Waals surface area contributed by atoms with Crippen LogP contribution in [0.15, 0.2) is 42.6 Å². The Balaban J connectivity index is 2.17. The molecule has 0 bridgehead atoms. The van der Waals surface area contributed by atoms with Crippen LogP contribution in [0.4, 0.5) is 13.2 Å². The summed E-state index contributed by atoms with van der Waals surface area (Å²) in [4.78, 5) is 16.0. The molecule has 0 spiro atoms. The third-order valence-corrected chi connectivity index (χ3v) is 2.96. The van der Waals surface area contributed by atoms with Crippen LogP contribution in [0.1, 0.15) is 21.5 Å². The van der Waals surface area contributed by atoms with E-state index in [0.29, 0.717) is 11.4 Å². The lowest BCUT2D eigenvalue weighted by molar-refractivity contribution is -0.137. The number of ether oxygens (including phenoxy) is 1. The standard InChI is InChI=1S/C15H13F3N2O2/c1-22-14-10(5-4-8-19-14)9-20-13(21)11-6-2-3-7-12(11)15(16,17)18/h2-8H,9H2,1H3,(H,20,21). The quantitative estimate of drug-likeness (QED) is 0.944. The highest BCUT2D eigenvalue weighted by Crippen LogP contribution is 2.31. The van der Waals surface area contributed by atoms with Crippen LogP contribution in [-0.2, 0) is 12.7 Å². The van der Waals surface area contributed by atoms with Gasteiger partial charge in [-0.15, -0.1) is 0 Å². The van der Waals surface area contributed by atoms with Crippen molar-refractivity contribution in [2.45, 2.75) is 12.7 Å². The van der Waals surface area contributed by atoms with E-state index in [1.807, 2.05) is 0 Å². The van der Waals surface area contributed by atoms with Gasteiger partial charge < -0.3 is 10.1 Å². The van der Waals surface area contributed by atoms with Gasteiger partial charge in [0.1, 0.15) is 0 Å². The monoisotopic (exact) mass is 310 g/mol. The number of rotatable bonds is 4. The van der Waals surface area contributed by atoms with Gasteiger partial charge in [0.15, 0.2) is 0 Å². The van der Waals surface area contributed by atoms with E-state index < -0.39 is 23.2 Å². The third-order valence-electron chi connectivity index (χ3n) is 2.96. The van der Waals surface area contributed by atoms with Crippen LogP contribution < -0.4 is 10.1 Å². The van der Waals surface area contributed by atoms with Gasteiger partial charge in [-0.05, 0) is 18.2 Å². The fourth-order valence-corrected chi connectivity index (χ4v) is 1.94. The zero-order chi connectivity index (χ0) is 16.2. The Bertz CT molecular complexity index is 672. The number of carbonyl (C=O) groups excluding carboxylic acids is 1. The minimum atomic E-state index is -4.58. The minimum absolute atomic E-state index is 0.0159. The number of amides is 1. The number of nitrogens with one attached hydrogen (secondary N) is 1. The SMILES string of the molecule is COc1ncccc1CNC(=O)c1ccccc1C(F)(F)F. The van der Waals surface area contributed by atoms with Crippen molar-refractivity contribution in [2.75, 3.05) is 7.11 Å². The minimum Gasteiger partial charge on any atom is -0.481 e. The first kappa shape index (κ1) is 15.8. The van der Waals surface area contributed by atoms with Crippen molar-refractivity contribution in [1.82, 2.24) is 10.3 Å². The van der Waals surface area contributed by atoms with Gasteiger partial charge in [0.2, 0.25) is 5.88 Å². The van der Waals surface area contributed by atoms with Crippen LogP contribution in [0.2, 0.25) is 0 Å². The molecule has 0 saturated carbocycles. The van der Waals surface area contributed by atoms with Gasteiger partial charge in [0.25, 0.3) is 5.91 Å². The molecule has 0 fully saturated rings.